The van der Waals surface area contributed by atoms with Gasteiger partial charge in [-0.3, -0.25) is 4.79 Å². The van der Waals surface area contributed by atoms with Gasteiger partial charge in [0.15, 0.2) is 5.96 Å². The van der Waals surface area contributed by atoms with E-state index in [1.165, 1.54) is 0 Å². The van der Waals surface area contributed by atoms with E-state index in [9.17, 15) is 4.79 Å². The average Bonchev–Trinajstić information content (AvgIpc) is 2.53. The van der Waals surface area contributed by atoms with Crippen LogP contribution >= 0.6 is 24.0 Å². The third-order valence-corrected chi connectivity index (χ3v) is 2.91. The number of carbonyl (C=O) groups excluding carboxylic acids is 1. The highest BCUT2D eigenvalue weighted by Gasteiger charge is 2.05. The van der Waals surface area contributed by atoms with Crippen LogP contribution in [0.5, 0.6) is 0 Å². The molecule has 0 radical (unpaired) electrons. The summed E-state index contributed by atoms with van der Waals surface area (Å²) in [6.45, 7) is 4.65. The second-order valence-corrected chi connectivity index (χ2v) is 4.92. The van der Waals surface area contributed by atoms with Gasteiger partial charge in [0.25, 0.3) is 0 Å². The molecule has 2 N–H and O–H groups in total. The number of rotatable bonds is 8. The molecule has 0 aliphatic rings. The van der Waals surface area contributed by atoms with Crippen molar-refractivity contribution in [3.8, 4) is 0 Å². The first-order valence-corrected chi connectivity index (χ1v) is 7.47. The van der Waals surface area contributed by atoms with Crippen molar-refractivity contribution in [1.29, 1.82) is 0 Å². The van der Waals surface area contributed by atoms with Crippen molar-refractivity contribution >= 4 is 35.8 Å². The van der Waals surface area contributed by atoms with Gasteiger partial charge in [-0.2, -0.15) is 0 Å². The zero-order valence-corrected chi connectivity index (χ0v) is 16.4. The Hall–Kier alpha value is -1.35. The largest absolute Gasteiger partial charge is 0.380 e. The van der Waals surface area contributed by atoms with E-state index in [0.717, 1.165) is 5.56 Å². The number of nitrogens with zero attached hydrogens (tertiary/aromatic N) is 2. The van der Waals surface area contributed by atoms with Gasteiger partial charge in [0.2, 0.25) is 5.91 Å². The second-order valence-electron chi connectivity index (χ2n) is 4.92. The minimum atomic E-state index is -0.000908. The molecular formula is C16H27IN4O2. The Kier molecular flexibility index (Phi) is 12.4. The molecule has 1 amide bonds. The summed E-state index contributed by atoms with van der Waals surface area (Å²) >= 11 is 0. The molecule has 7 heteroatoms. The number of amides is 1. The Bertz CT molecular complexity index is 466. The van der Waals surface area contributed by atoms with Gasteiger partial charge in [0.05, 0.1) is 19.7 Å². The fourth-order valence-electron chi connectivity index (χ4n) is 1.63. The van der Waals surface area contributed by atoms with Crippen LogP contribution in [-0.2, 0) is 16.1 Å². The molecule has 0 spiro atoms. The van der Waals surface area contributed by atoms with Crippen molar-refractivity contribution in [2.75, 3.05) is 40.4 Å². The molecule has 0 fully saturated rings. The maximum atomic E-state index is 11.7. The highest BCUT2D eigenvalue weighted by Crippen LogP contribution is 1.99. The summed E-state index contributed by atoms with van der Waals surface area (Å²) < 4.78 is 5.29. The Labute approximate surface area is 155 Å². The first-order chi connectivity index (χ1) is 10.6. The van der Waals surface area contributed by atoms with Crippen molar-refractivity contribution in [3.05, 3.63) is 35.9 Å². The van der Waals surface area contributed by atoms with Crippen LogP contribution in [-0.4, -0.2) is 57.2 Å². The zero-order valence-electron chi connectivity index (χ0n) is 14.0. The van der Waals surface area contributed by atoms with Gasteiger partial charge in [-0.25, -0.2) is 4.99 Å². The molecule has 1 rings (SSSR count). The van der Waals surface area contributed by atoms with Crippen LogP contribution < -0.4 is 10.6 Å². The van der Waals surface area contributed by atoms with Crippen LogP contribution in [0.4, 0.5) is 0 Å². The van der Waals surface area contributed by atoms with E-state index in [2.05, 4.69) is 15.6 Å². The fraction of sp³-hybridized carbons (Fsp3) is 0.500. The van der Waals surface area contributed by atoms with Gasteiger partial charge in [-0.05, 0) is 12.5 Å². The summed E-state index contributed by atoms with van der Waals surface area (Å²) in [5, 5.41) is 6.20. The number of guanidine groups is 1. The maximum absolute atomic E-state index is 11.7. The van der Waals surface area contributed by atoms with Crippen LogP contribution in [0.2, 0.25) is 0 Å². The lowest BCUT2D eigenvalue weighted by Gasteiger charge is -2.15. The number of likely N-dealkylation sites (N-methyl/N-ethyl adjacent to an activating group) is 1. The molecule has 1 aromatic carbocycles. The summed E-state index contributed by atoms with van der Waals surface area (Å²) in [5.41, 5.74) is 1.12. The van der Waals surface area contributed by atoms with Gasteiger partial charge in [-0.1, -0.05) is 30.3 Å². The summed E-state index contributed by atoms with van der Waals surface area (Å²) in [6, 6.07) is 9.98. The minimum Gasteiger partial charge on any atom is -0.380 e. The summed E-state index contributed by atoms with van der Waals surface area (Å²) in [4.78, 5) is 17.7. The highest BCUT2D eigenvalue weighted by molar-refractivity contribution is 14.0. The Morgan fingerprint density at radius 1 is 1.22 bits per heavy atom. The van der Waals surface area contributed by atoms with Gasteiger partial charge in [0.1, 0.15) is 0 Å². The smallest absolute Gasteiger partial charge is 0.241 e. The summed E-state index contributed by atoms with van der Waals surface area (Å²) in [5.74, 6) is 0.609. The third-order valence-electron chi connectivity index (χ3n) is 2.91. The molecule has 0 atom stereocenters. The molecule has 0 unspecified atom stereocenters. The molecule has 0 heterocycles. The van der Waals surface area contributed by atoms with E-state index in [1.807, 2.05) is 37.3 Å². The Balaban J connectivity index is 0.00000484. The molecule has 0 aromatic heterocycles. The lowest BCUT2D eigenvalue weighted by molar-refractivity contribution is -0.127. The predicted octanol–water partition coefficient (Wildman–Crippen LogP) is 1.46. The lowest BCUT2D eigenvalue weighted by atomic mass is 10.2. The second kappa shape index (κ2) is 13.1. The number of hydrogen-bond acceptors (Lipinski definition) is 3. The number of hydrogen-bond donors (Lipinski definition) is 2. The number of aliphatic imine (C=N–C) groups is 1. The van der Waals surface area contributed by atoms with Crippen LogP contribution in [0.3, 0.4) is 0 Å². The standard InChI is InChI=1S/C16H26N4O2.HI/c1-4-22-11-10-17-16(19-13-15(21)20(2)3)18-12-14-8-6-5-7-9-14;/h5-9H,4,10-13H2,1-3H3,(H2,17,18,19);1H. The van der Waals surface area contributed by atoms with E-state index in [0.29, 0.717) is 32.3 Å². The van der Waals surface area contributed by atoms with Gasteiger partial charge in [-0.15, -0.1) is 24.0 Å². The number of halogens is 1. The first kappa shape index (κ1) is 21.6. The maximum Gasteiger partial charge on any atom is 0.241 e. The number of nitrogens with one attached hydrogen (secondary N) is 2. The van der Waals surface area contributed by atoms with Crippen LogP contribution in [0, 0.1) is 0 Å². The van der Waals surface area contributed by atoms with Crippen molar-refractivity contribution in [2.45, 2.75) is 13.5 Å². The summed E-state index contributed by atoms with van der Waals surface area (Å²) in [7, 11) is 3.46. The van der Waals surface area contributed by atoms with Crippen LogP contribution in [0.25, 0.3) is 0 Å². The summed E-state index contributed by atoms with van der Waals surface area (Å²) in [6.07, 6.45) is 0. The zero-order chi connectivity index (χ0) is 16.2. The van der Waals surface area contributed by atoms with Gasteiger partial charge >= 0.3 is 0 Å². The molecule has 0 aliphatic carbocycles. The molecule has 1 aromatic rings. The van der Waals surface area contributed by atoms with E-state index in [4.69, 9.17) is 4.74 Å². The first-order valence-electron chi connectivity index (χ1n) is 7.47. The van der Waals surface area contributed by atoms with Gasteiger partial charge < -0.3 is 20.3 Å². The van der Waals surface area contributed by atoms with E-state index < -0.39 is 0 Å². The molecule has 0 saturated heterocycles. The molecule has 0 bridgehead atoms. The Morgan fingerprint density at radius 2 is 1.91 bits per heavy atom. The third kappa shape index (κ3) is 10.1. The lowest BCUT2D eigenvalue weighted by Crippen LogP contribution is -2.43. The van der Waals surface area contributed by atoms with Gasteiger partial charge in [0, 0.05) is 27.2 Å². The van der Waals surface area contributed by atoms with E-state index in [-0.39, 0.29) is 36.4 Å². The minimum absolute atomic E-state index is 0. The number of carbonyl (C=O) groups is 1. The monoisotopic (exact) mass is 434 g/mol. The topological polar surface area (TPSA) is 66.0 Å². The molecule has 130 valence electrons. The fourth-order valence-corrected chi connectivity index (χ4v) is 1.63. The van der Waals surface area contributed by atoms with Crippen molar-refractivity contribution in [3.63, 3.8) is 0 Å². The van der Waals surface area contributed by atoms with Crippen molar-refractivity contribution < 1.29 is 9.53 Å². The quantitative estimate of drug-likeness (QED) is 0.282. The van der Waals surface area contributed by atoms with Crippen molar-refractivity contribution in [2.24, 2.45) is 4.99 Å². The average molecular weight is 434 g/mol. The normalized spacial score (nSPS) is 10.7. The molecular weight excluding hydrogens is 407 g/mol. The molecule has 0 aliphatic heterocycles. The van der Waals surface area contributed by atoms with Crippen LogP contribution in [0.15, 0.2) is 35.3 Å². The van der Waals surface area contributed by atoms with Crippen LogP contribution in [0.1, 0.15) is 12.5 Å². The highest BCUT2D eigenvalue weighted by atomic mass is 127. The molecule has 0 saturated carbocycles. The molecule has 6 nitrogen and oxygen atoms in total. The van der Waals surface area contributed by atoms with E-state index >= 15 is 0 Å². The van der Waals surface area contributed by atoms with Crippen molar-refractivity contribution in [1.82, 2.24) is 15.5 Å². The predicted molar refractivity (Wildman–Crippen MR) is 104 cm³/mol. The number of benzene rings is 1. The SMILES string of the molecule is CCOCCNC(=NCc1ccccc1)NCC(=O)N(C)C.I. The Morgan fingerprint density at radius 3 is 2.52 bits per heavy atom. The molecule has 23 heavy (non-hydrogen) atoms. The van der Waals surface area contributed by atoms with E-state index in [1.54, 1.807) is 19.0 Å². The number of ether oxygens (including phenoxy) is 1.